The molecule has 3 aromatic rings. The molecule has 1 aliphatic heterocycles. The van der Waals surface area contributed by atoms with Crippen molar-refractivity contribution >= 4 is 11.8 Å². The van der Waals surface area contributed by atoms with Gasteiger partial charge in [-0.15, -0.1) is 5.10 Å². The number of ether oxygens (including phenoxy) is 2. The zero-order valence-corrected chi connectivity index (χ0v) is 20.4. The third-order valence-corrected chi connectivity index (χ3v) is 6.05. The molecule has 4 rings (SSSR count). The molecule has 0 bridgehead atoms. The Hall–Kier alpha value is -3.64. The first-order valence-corrected chi connectivity index (χ1v) is 11.6. The van der Waals surface area contributed by atoms with Crippen molar-refractivity contribution in [3.8, 4) is 11.7 Å². The average Bonchev–Trinajstić information content (AvgIpc) is 3.41. The van der Waals surface area contributed by atoms with Gasteiger partial charge in [0.05, 0.1) is 31.0 Å². The van der Waals surface area contributed by atoms with Crippen LogP contribution in [0.25, 0.3) is 5.82 Å². The van der Waals surface area contributed by atoms with Crippen LogP contribution in [0.1, 0.15) is 24.0 Å². The number of anilines is 1. The third kappa shape index (κ3) is 5.60. The summed E-state index contributed by atoms with van der Waals surface area (Å²) < 4.78 is 39.8. The summed E-state index contributed by atoms with van der Waals surface area (Å²) >= 11 is 0. The van der Waals surface area contributed by atoms with Crippen LogP contribution in [0.15, 0.2) is 36.8 Å². The normalized spacial score (nSPS) is 17.8. The second kappa shape index (κ2) is 11.4. The van der Waals surface area contributed by atoms with Gasteiger partial charge in [-0.2, -0.15) is 4.68 Å². The van der Waals surface area contributed by atoms with E-state index >= 15 is 0 Å². The standard InChI is InChI=1S/C24H29F2N7O3/c1-4-36-23-15(2)22(33(31-23)21-12-27-7-8-28-21)30-24(34)29-20-14-32(9-10-35-3)13-17(20)16-5-6-18(25)19(26)11-16/h5-8,11-12,17,20H,4,9-10,13-14H2,1-3H3,(H2,29,30,34)/t17-,20+/m0/s1. The van der Waals surface area contributed by atoms with E-state index in [4.69, 9.17) is 9.47 Å². The second-order valence-electron chi connectivity index (χ2n) is 8.42. The van der Waals surface area contributed by atoms with Crippen LogP contribution in [0.2, 0.25) is 0 Å². The van der Waals surface area contributed by atoms with Crippen LogP contribution >= 0.6 is 0 Å². The number of carbonyl (C=O) groups is 1. The van der Waals surface area contributed by atoms with Crippen molar-refractivity contribution in [3.05, 3.63) is 59.6 Å². The summed E-state index contributed by atoms with van der Waals surface area (Å²) in [5, 5.41) is 10.3. The molecule has 1 saturated heterocycles. The number of likely N-dealkylation sites (tertiary alicyclic amines) is 1. The van der Waals surface area contributed by atoms with Crippen LogP contribution in [-0.2, 0) is 4.74 Å². The van der Waals surface area contributed by atoms with Crippen LogP contribution in [-0.4, -0.2) is 76.7 Å². The van der Waals surface area contributed by atoms with Gasteiger partial charge in [-0.05, 0) is 31.5 Å². The van der Waals surface area contributed by atoms with E-state index in [-0.39, 0.29) is 12.0 Å². The Bertz CT molecular complexity index is 1190. The number of urea groups is 1. The lowest BCUT2D eigenvalue weighted by molar-refractivity contribution is 0.159. The van der Waals surface area contributed by atoms with Crippen LogP contribution in [0.5, 0.6) is 5.88 Å². The quantitative estimate of drug-likeness (QED) is 0.464. The van der Waals surface area contributed by atoms with E-state index in [1.54, 1.807) is 20.1 Å². The molecule has 12 heteroatoms. The number of hydrogen-bond acceptors (Lipinski definition) is 7. The molecule has 1 aliphatic rings. The molecule has 3 heterocycles. The lowest BCUT2D eigenvalue weighted by atomic mass is 9.94. The highest BCUT2D eigenvalue weighted by Gasteiger charge is 2.35. The molecule has 192 valence electrons. The Morgan fingerprint density at radius 2 is 2.06 bits per heavy atom. The number of amides is 2. The molecule has 2 aromatic heterocycles. The molecule has 2 atom stereocenters. The van der Waals surface area contributed by atoms with Gasteiger partial charge < -0.3 is 14.8 Å². The number of carbonyl (C=O) groups excluding carboxylic acids is 1. The minimum atomic E-state index is -0.919. The summed E-state index contributed by atoms with van der Waals surface area (Å²) in [5.74, 6) is -0.910. The molecule has 0 unspecified atom stereocenters. The highest BCUT2D eigenvalue weighted by Crippen LogP contribution is 2.30. The summed E-state index contributed by atoms with van der Waals surface area (Å²) in [7, 11) is 1.62. The number of benzene rings is 1. The van der Waals surface area contributed by atoms with Gasteiger partial charge in [0.15, 0.2) is 17.5 Å². The van der Waals surface area contributed by atoms with Crippen molar-refractivity contribution in [3.63, 3.8) is 0 Å². The minimum absolute atomic E-state index is 0.243. The number of nitrogens with zero attached hydrogens (tertiary/aromatic N) is 5. The van der Waals surface area contributed by atoms with E-state index in [1.165, 1.54) is 29.3 Å². The van der Waals surface area contributed by atoms with Gasteiger partial charge in [0.25, 0.3) is 0 Å². The number of hydrogen-bond donors (Lipinski definition) is 2. The van der Waals surface area contributed by atoms with E-state index in [1.807, 2.05) is 6.92 Å². The van der Waals surface area contributed by atoms with Gasteiger partial charge in [0, 0.05) is 45.1 Å². The van der Waals surface area contributed by atoms with Crippen molar-refractivity contribution in [2.75, 3.05) is 45.3 Å². The van der Waals surface area contributed by atoms with Gasteiger partial charge in [-0.1, -0.05) is 6.07 Å². The monoisotopic (exact) mass is 501 g/mol. The molecule has 1 aromatic carbocycles. The zero-order chi connectivity index (χ0) is 25.7. The molecule has 1 fully saturated rings. The molecule has 0 spiro atoms. The van der Waals surface area contributed by atoms with Gasteiger partial charge in [0.1, 0.15) is 5.82 Å². The smallest absolute Gasteiger partial charge is 0.320 e. The predicted molar refractivity (Wildman–Crippen MR) is 128 cm³/mol. The Balaban J connectivity index is 1.56. The highest BCUT2D eigenvalue weighted by atomic mass is 19.2. The summed E-state index contributed by atoms with van der Waals surface area (Å²) in [6.07, 6.45) is 4.59. The largest absolute Gasteiger partial charge is 0.477 e. The maximum absolute atomic E-state index is 14.0. The lowest BCUT2D eigenvalue weighted by Gasteiger charge is -2.21. The molecule has 36 heavy (non-hydrogen) atoms. The van der Waals surface area contributed by atoms with Crippen molar-refractivity contribution < 1.29 is 23.0 Å². The number of halogens is 2. The van der Waals surface area contributed by atoms with E-state index in [2.05, 4.69) is 30.6 Å². The highest BCUT2D eigenvalue weighted by molar-refractivity contribution is 5.90. The Morgan fingerprint density at radius 1 is 1.22 bits per heavy atom. The van der Waals surface area contributed by atoms with E-state index < -0.39 is 17.7 Å². The van der Waals surface area contributed by atoms with E-state index in [0.29, 0.717) is 61.5 Å². The molecule has 0 aliphatic carbocycles. The van der Waals surface area contributed by atoms with Crippen LogP contribution in [0.4, 0.5) is 19.4 Å². The van der Waals surface area contributed by atoms with Gasteiger partial charge in [-0.3, -0.25) is 15.2 Å². The first-order chi connectivity index (χ1) is 17.4. The average molecular weight is 502 g/mol. The Kier molecular flexibility index (Phi) is 8.06. The number of rotatable bonds is 9. The first kappa shape index (κ1) is 25.5. The first-order valence-electron chi connectivity index (χ1n) is 11.6. The third-order valence-electron chi connectivity index (χ3n) is 6.05. The van der Waals surface area contributed by atoms with E-state index in [0.717, 1.165) is 6.07 Å². The summed E-state index contributed by atoms with van der Waals surface area (Å²) in [6, 6.07) is 3.02. The SMILES string of the molecule is CCOc1nn(-c2cnccn2)c(NC(=O)N[C@@H]2CN(CCOC)C[C@H]2c2ccc(F)c(F)c2)c1C. The van der Waals surface area contributed by atoms with Crippen molar-refractivity contribution in [2.45, 2.75) is 25.8 Å². The zero-order valence-electron chi connectivity index (χ0n) is 20.4. The van der Waals surface area contributed by atoms with Gasteiger partial charge >= 0.3 is 6.03 Å². The van der Waals surface area contributed by atoms with Gasteiger partial charge in [0.2, 0.25) is 5.88 Å². The fourth-order valence-electron chi connectivity index (χ4n) is 4.29. The van der Waals surface area contributed by atoms with Crippen LogP contribution in [0.3, 0.4) is 0 Å². The second-order valence-corrected chi connectivity index (χ2v) is 8.42. The Labute approximate surface area is 207 Å². The number of nitrogens with one attached hydrogen (secondary N) is 2. The molecular formula is C24H29F2N7O3. The van der Waals surface area contributed by atoms with Crippen molar-refractivity contribution in [1.29, 1.82) is 0 Å². The van der Waals surface area contributed by atoms with E-state index in [9.17, 15) is 13.6 Å². The molecule has 2 amide bonds. The number of methoxy groups -OCH3 is 1. The van der Waals surface area contributed by atoms with Crippen molar-refractivity contribution in [1.82, 2.24) is 30.0 Å². The summed E-state index contributed by atoms with van der Waals surface area (Å²) in [5.41, 5.74) is 1.24. The predicted octanol–water partition coefficient (Wildman–Crippen LogP) is 2.88. The maximum Gasteiger partial charge on any atom is 0.320 e. The molecule has 0 radical (unpaired) electrons. The van der Waals surface area contributed by atoms with Crippen molar-refractivity contribution in [2.24, 2.45) is 0 Å². The lowest BCUT2D eigenvalue weighted by Crippen LogP contribution is -2.42. The maximum atomic E-state index is 14.0. The summed E-state index contributed by atoms with van der Waals surface area (Å²) in [6.45, 7) is 6.27. The molecule has 0 saturated carbocycles. The molecule has 2 N–H and O–H groups in total. The van der Waals surface area contributed by atoms with Gasteiger partial charge in [-0.25, -0.2) is 18.6 Å². The Morgan fingerprint density at radius 3 is 2.75 bits per heavy atom. The molecule has 10 nitrogen and oxygen atoms in total. The molecular weight excluding hydrogens is 472 g/mol. The topological polar surface area (TPSA) is 106 Å². The summed E-state index contributed by atoms with van der Waals surface area (Å²) in [4.78, 5) is 23.6. The minimum Gasteiger partial charge on any atom is -0.477 e. The van der Waals surface area contributed by atoms with Crippen LogP contribution in [0, 0.1) is 18.6 Å². The number of aromatic nitrogens is 4. The fraction of sp³-hybridized carbons (Fsp3) is 0.417. The fourth-order valence-corrected chi connectivity index (χ4v) is 4.29. The van der Waals surface area contributed by atoms with Crippen LogP contribution < -0.4 is 15.4 Å².